The van der Waals surface area contributed by atoms with Crippen LogP contribution in [-0.4, -0.2) is 64.5 Å². The molecule has 1 amide bonds. The number of rotatable bonds is 4. The van der Waals surface area contributed by atoms with Crippen LogP contribution in [0.25, 0.3) is 16.2 Å². The number of nitrogens with two attached hydrogens (primary N) is 1. The van der Waals surface area contributed by atoms with E-state index >= 15 is 0 Å². The maximum atomic E-state index is 10.8. The smallest absolute Gasteiger partial charge is 0.209 e. The lowest BCUT2D eigenvalue weighted by Gasteiger charge is -2.32. The van der Waals surface area contributed by atoms with Gasteiger partial charge in [-0.05, 0) is 26.8 Å². The number of nitrogen functional groups attached to an aromatic ring is 1. The highest BCUT2D eigenvalue weighted by Crippen LogP contribution is 2.28. The Hall–Kier alpha value is -2.42. The third-order valence-corrected chi connectivity index (χ3v) is 5.96. The first kappa shape index (κ1) is 25.8. The molecule has 4 rings (SSSR count). The van der Waals surface area contributed by atoms with Crippen molar-refractivity contribution in [3.63, 3.8) is 0 Å². The summed E-state index contributed by atoms with van der Waals surface area (Å²) >= 11 is 1.65. The van der Waals surface area contributed by atoms with Gasteiger partial charge in [-0.1, -0.05) is 32.0 Å². The number of amides is 1. The lowest BCUT2D eigenvalue weighted by atomic mass is 10.1. The van der Waals surface area contributed by atoms with Gasteiger partial charge in [0.05, 0.1) is 11.3 Å². The van der Waals surface area contributed by atoms with Crippen molar-refractivity contribution in [1.82, 2.24) is 19.2 Å². The molecule has 176 valence electrons. The number of nitrogens with zero attached hydrogens (tertiary/aromatic N) is 4. The maximum absolute atomic E-state index is 10.8. The van der Waals surface area contributed by atoms with Crippen LogP contribution in [0.4, 0.5) is 5.69 Å². The molecule has 2 N–H and O–H groups in total. The Morgan fingerprint density at radius 1 is 1.16 bits per heavy atom. The molecule has 0 spiro atoms. The molecule has 0 radical (unpaired) electrons. The maximum Gasteiger partial charge on any atom is 0.209 e. The zero-order chi connectivity index (χ0) is 23.7. The second-order valence-electron chi connectivity index (χ2n) is 8.33. The summed E-state index contributed by atoms with van der Waals surface area (Å²) in [4.78, 5) is 20.7. The van der Waals surface area contributed by atoms with Crippen LogP contribution >= 0.6 is 11.3 Å². The molecule has 1 fully saturated rings. The molecule has 3 aromatic rings. The number of anilines is 1. The fourth-order valence-corrected chi connectivity index (χ4v) is 3.92. The highest BCUT2D eigenvalue weighted by molar-refractivity contribution is 7.15. The van der Waals surface area contributed by atoms with Gasteiger partial charge < -0.3 is 15.4 Å². The molecule has 0 atom stereocenters. The molecule has 8 heteroatoms. The van der Waals surface area contributed by atoms with Gasteiger partial charge in [0.2, 0.25) is 6.41 Å². The number of aromatic nitrogens is 2. The molecule has 0 unspecified atom stereocenters. The summed E-state index contributed by atoms with van der Waals surface area (Å²) < 4.78 is 7.09. The Labute approximate surface area is 195 Å². The summed E-state index contributed by atoms with van der Waals surface area (Å²) in [6.45, 7) is 14.3. The lowest BCUT2D eigenvalue weighted by molar-refractivity contribution is -0.119. The normalized spacial score (nSPS) is 14.4. The number of ether oxygens (including phenoxy) is 1. The SMILES string of the molecule is CC.COC(C)(C)C.Nc1ccccc1-c1cn2c(CN3CCN(C=O)CC3)csc2n1. The van der Waals surface area contributed by atoms with Crippen LogP contribution in [0.2, 0.25) is 0 Å². The minimum absolute atomic E-state index is 0.0417. The summed E-state index contributed by atoms with van der Waals surface area (Å²) in [5, 5.41) is 2.16. The monoisotopic (exact) mass is 459 g/mol. The second kappa shape index (κ2) is 12.0. The molecule has 32 heavy (non-hydrogen) atoms. The predicted octanol–water partition coefficient (Wildman–Crippen LogP) is 4.38. The van der Waals surface area contributed by atoms with E-state index < -0.39 is 0 Å². The van der Waals surface area contributed by atoms with Gasteiger partial charge in [-0.25, -0.2) is 4.98 Å². The molecule has 1 aliphatic rings. The molecule has 0 bridgehead atoms. The number of fused-ring (bicyclic) bond motifs is 1. The minimum Gasteiger partial charge on any atom is -0.398 e. The van der Waals surface area contributed by atoms with Crippen molar-refractivity contribution in [2.24, 2.45) is 0 Å². The van der Waals surface area contributed by atoms with Gasteiger partial charge in [-0.3, -0.25) is 14.1 Å². The van der Waals surface area contributed by atoms with E-state index in [9.17, 15) is 4.79 Å². The van der Waals surface area contributed by atoms with Crippen molar-refractivity contribution in [1.29, 1.82) is 0 Å². The highest BCUT2D eigenvalue weighted by Gasteiger charge is 2.18. The van der Waals surface area contributed by atoms with Gasteiger partial charge in [-0.2, -0.15) is 0 Å². The van der Waals surface area contributed by atoms with Crippen molar-refractivity contribution in [3.8, 4) is 11.3 Å². The Bertz CT molecular complexity index is 968. The molecule has 1 saturated heterocycles. The van der Waals surface area contributed by atoms with Crippen molar-refractivity contribution in [2.45, 2.75) is 46.8 Å². The molecule has 1 aliphatic heterocycles. The summed E-state index contributed by atoms with van der Waals surface area (Å²) in [5.41, 5.74) is 9.96. The average molecular weight is 460 g/mol. The van der Waals surface area contributed by atoms with Crippen LogP contribution in [-0.2, 0) is 16.1 Å². The fourth-order valence-electron chi connectivity index (χ4n) is 3.06. The van der Waals surface area contributed by atoms with Crippen LogP contribution in [0.3, 0.4) is 0 Å². The Kier molecular flexibility index (Phi) is 9.68. The molecule has 3 heterocycles. The molecule has 2 aromatic heterocycles. The standard InChI is InChI=1S/C17H19N5OS.C5H12O.C2H6/c18-15-4-2-1-3-14(15)16-10-22-13(11-24-17(22)19-16)9-20-5-7-21(12-23)8-6-20;1-5(2,3)6-4;1-2/h1-4,10-12H,5-9,18H2;1-4H3;1-2H3. The largest absolute Gasteiger partial charge is 0.398 e. The van der Waals surface area contributed by atoms with Crippen LogP contribution in [0.5, 0.6) is 0 Å². The Balaban J connectivity index is 0.000000396. The number of methoxy groups -OCH3 is 1. The van der Waals surface area contributed by atoms with Crippen molar-refractivity contribution < 1.29 is 9.53 Å². The third kappa shape index (κ3) is 7.05. The molecule has 0 saturated carbocycles. The van der Waals surface area contributed by atoms with E-state index in [1.54, 1.807) is 18.4 Å². The third-order valence-electron chi connectivity index (χ3n) is 5.07. The van der Waals surface area contributed by atoms with Gasteiger partial charge >= 0.3 is 0 Å². The highest BCUT2D eigenvalue weighted by atomic mass is 32.1. The van der Waals surface area contributed by atoms with Gasteiger partial charge in [0.25, 0.3) is 0 Å². The number of thiazole rings is 1. The Morgan fingerprint density at radius 3 is 2.34 bits per heavy atom. The van der Waals surface area contributed by atoms with E-state index in [0.29, 0.717) is 0 Å². The summed E-state index contributed by atoms with van der Waals surface area (Å²) in [6.07, 6.45) is 3.00. The van der Waals surface area contributed by atoms with Crippen molar-refractivity contribution in [3.05, 3.63) is 41.5 Å². The first-order valence-corrected chi connectivity index (χ1v) is 12.0. The van der Waals surface area contributed by atoms with E-state index in [-0.39, 0.29) is 5.60 Å². The van der Waals surface area contributed by atoms with E-state index in [2.05, 4.69) is 20.9 Å². The zero-order valence-corrected chi connectivity index (χ0v) is 21.0. The second-order valence-corrected chi connectivity index (χ2v) is 9.16. The van der Waals surface area contributed by atoms with Crippen LogP contribution in [0.1, 0.15) is 40.3 Å². The molecule has 0 aliphatic carbocycles. The van der Waals surface area contributed by atoms with E-state index in [4.69, 9.17) is 15.5 Å². The van der Waals surface area contributed by atoms with E-state index in [1.807, 2.05) is 63.8 Å². The molecule has 7 nitrogen and oxygen atoms in total. The predicted molar refractivity (Wildman–Crippen MR) is 134 cm³/mol. The number of carbonyl (C=O) groups is 1. The van der Waals surface area contributed by atoms with Gasteiger partial charge in [0.1, 0.15) is 0 Å². The summed E-state index contributed by atoms with van der Waals surface area (Å²) in [7, 11) is 1.71. The van der Waals surface area contributed by atoms with E-state index in [1.165, 1.54) is 5.69 Å². The van der Waals surface area contributed by atoms with Gasteiger partial charge in [-0.15, -0.1) is 11.3 Å². The number of hydrogen-bond donors (Lipinski definition) is 1. The van der Waals surface area contributed by atoms with Crippen LogP contribution in [0.15, 0.2) is 35.8 Å². The minimum atomic E-state index is 0.0417. The van der Waals surface area contributed by atoms with Gasteiger partial charge in [0, 0.05) is 68.4 Å². The summed E-state index contributed by atoms with van der Waals surface area (Å²) in [5.74, 6) is 0. The first-order chi connectivity index (χ1) is 15.3. The number of para-hydroxylation sites is 1. The molecular weight excluding hydrogens is 422 g/mol. The first-order valence-electron chi connectivity index (χ1n) is 11.1. The van der Waals surface area contributed by atoms with Crippen molar-refractivity contribution in [2.75, 3.05) is 39.0 Å². The number of piperazine rings is 1. The number of hydrogen-bond acceptors (Lipinski definition) is 6. The summed E-state index contributed by atoms with van der Waals surface area (Å²) in [6, 6.07) is 7.81. The zero-order valence-electron chi connectivity index (χ0n) is 20.2. The average Bonchev–Trinajstić information content (AvgIpc) is 3.38. The molecular formula is C24H37N5O2S. The van der Waals surface area contributed by atoms with Crippen molar-refractivity contribution >= 4 is 28.4 Å². The number of benzene rings is 1. The van der Waals surface area contributed by atoms with Crippen LogP contribution in [0, 0.1) is 0 Å². The quantitative estimate of drug-likeness (QED) is 0.463. The van der Waals surface area contributed by atoms with E-state index in [0.717, 1.165) is 61.0 Å². The van der Waals surface area contributed by atoms with Gasteiger partial charge in [0.15, 0.2) is 4.96 Å². The number of carbonyl (C=O) groups excluding carboxylic acids is 1. The van der Waals surface area contributed by atoms with Crippen LogP contribution < -0.4 is 5.73 Å². The fraction of sp³-hybridized carbons (Fsp3) is 0.500. The Morgan fingerprint density at radius 2 is 1.78 bits per heavy atom. The molecule has 1 aromatic carbocycles. The lowest BCUT2D eigenvalue weighted by Crippen LogP contribution is -2.45. The number of imidazole rings is 1. The topological polar surface area (TPSA) is 76.1 Å².